The van der Waals surface area contributed by atoms with Crippen LogP contribution in [-0.2, 0) is 6.54 Å². The number of likely N-dealkylation sites (N-methyl/N-ethyl adjacent to an activating group) is 1. The molecule has 0 aliphatic carbocycles. The molecule has 4 heteroatoms. The molecule has 1 saturated heterocycles. The number of halogens is 1. The summed E-state index contributed by atoms with van der Waals surface area (Å²) >= 11 is 3.40. The molecule has 1 aromatic rings. The van der Waals surface area contributed by atoms with Gasteiger partial charge in [0.2, 0.25) is 0 Å². The van der Waals surface area contributed by atoms with Gasteiger partial charge in [0.1, 0.15) is 4.60 Å². The molecule has 1 aromatic heterocycles. The van der Waals surface area contributed by atoms with Gasteiger partial charge in [-0.05, 0) is 60.1 Å². The summed E-state index contributed by atoms with van der Waals surface area (Å²) in [5.41, 5.74) is 1.31. The van der Waals surface area contributed by atoms with Gasteiger partial charge in [-0.2, -0.15) is 0 Å². The van der Waals surface area contributed by atoms with Crippen molar-refractivity contribution in [1.82, 2.24) is 15.2 Å². The van der Waals surface area contributed by atoms with Crippen LogP contribution in [0.3, 0.4) is 0 Å². The Morgan fingerprint density at radius 3 is 3.19 bits per heavy atom. The zero-order valence-electron chi connectivity index (χ0n) is 9.62. The van der Waals surface area contributed by atoms with E-state index in [-0.39, 0.29) is 0 Å². The van der Waals surface area contributed by atoms with E-state index in [0.29, 0.717) is 6.04 Å². The van der Waals surface area contributed by atoms with Gasteiger partial charge < -0.3 is 10.2 Å². The number of hydrogen-bond acceptors (Lipinski definition) is 3. The largest absolute Gasteiger partial charge is 0.313 e. The molecular weight excluding hydrogens is 266 g/mol. The third-order valence-corrected chi connectivity index (χ3v) is 3.37. The van der Waals surface area contributed by atoms with Gasteiger partial charge in [-0.25, -0.2) is 4.98 Å². The van der Waals surface area contributed by atoms with Crippen LogP contribution < -0.4 is 5.32 Å². The van der Waals surface area contributed by atoms with Crippen LogP contribution in [0.15, 0.2) is 22.9 Å². The lowest BCUT2D eigenvalue weighted by atomic mass is 10.2. The van der Waals surface area contributed by atoms with E-state index in [9.17, 15) is 0 Å². The highest BCUT2D eigenvalue weighted by molar-refractivity contribution is 9.10. The van der Waals surface area contributed by atoms with E-state index < -0.39 is 0 Å². The zero-order chi connectivity index (χ0) is 11.4. The van der Waals surface area contributed by atoms with E-state index in [2.05, 4.69) is 50.3 Å². The maximum atomic E-state index is 4.14. The standard InChI is InChI=1S/C12H18BrN3/c1-16(9-11-3-2-5-14-11)8-10-4-6-15-12(13)7-10/h4,6-7,11,14H,2-3,5,8-9H2,1H3. The van der Waals surface area contributed by atoms with Gasteiger partial charge in [-0.3, -0.25) is 0 Å². The smallest absolute Gasteiger partial charge is 0.106 e. The number of rotatable bonds is 4. The molecule has 1 aliphatic rings. The van der Waals surface area contributed by atoms with Crippen molar-refractivity contribution >= 4 is 15.9 Å². The molecule has 0 bridgehead atoms. The Kier molecular flexibility index (Phi) is 4.32. The SMILES string of the molecule is CN(Cc1ccnc(Br)c1)CC1CCCN1. The van der Waals surface area contributed by atoms with Crippen LogP contribution in [0.1, 0.15) is 18.4 Å². The second-order valence-electron chi connectivity index (χ2n) is 4.48. The molecule has 1 N–H and O–H groups in total. The Bertz CT molecular complexity index is 337. The summed E-state index contributed by atoms with van der Waals surface area (Å²) in [5, 5.41) is 3.52. The number of pyridine rings is 1. The lowest BCUT2D eigenvalue weighted by Crippen LogP contribution is -2.34. The summed E-state index contributed by atoms with van der Waals surface area (Å²) in [4.78, 5) is 6.50. The van der Waals surface area contributed by atoms with Crippen LogP contribution in [0.5, 0.6) is 0 Å². The number of nitrogens with zero attached hydrogens (tertiary/aromatic N) is 2. The van der Waals surface area contributed by atoms with Crippen molar-refractivity contribution in [2.24, 2.45) is 0 Å². The van der Waals surface area contributed by atoms with E-state index in [1.54, 1.807) is 0 Å². The normalized spacial score (nSPS) is 20.6. The summed E-state index contributed by atoms with van der Waals surface area (Å²) in [5.74, 6) is 0. The van der Waals surface area contributed by atoms with Gasteiger partial charge in [0.05, 0.1) is 0 Å². The Morgan fingerprint density at radius 1 is 1.62 bits per heavy atom. The predicted molar refractivity (Wildman–Crippen MR) is 69.3 cm³/mol. The third-order valence-electron chi connectivity index (χ3n) is 2.94. The van der Waals surface area contributed by atoms with Crippen LogP contribution in [0.25, 0.3) is 0 Å². The lowest BCUT2D eigenvalue weighted by molar-refractivity contribution is 0.293. The van der Waals surface area contributed by atoms with Crippen molar-refractivity contribution in [3.05, 3.63) is 28.5 Å². The molecule has 1 fully saturated rings. The van der Waals surface area contributed by atoms with Crippen LogP contribution in [0.2, 0.25) is 0 Å². The summed E-state index contributed by atoms with van der Waals surface area (Å²) in [6, 6.07) is 4.83. The first kappa shape index (κ1) is 12.0. The minimum Gasteiger partial charge on any atom is -0.313 e. The molecule has 1 atom stereocenters. The van der Waals surface area contributed by atoms with Crippen molar-refractivity contribution < 1.29 is 0 Å². The second-order valence-corrected chi connectivity index (χ2v) is 5.29. The highest BCUT2D eigenvalue weighted by Gasteiger charge is 2.15. The van der Waals surface area contributed by atoms with Gasteiger partial charge in [-0.15, -0.1) is 0 Å². The molecule has 3 nitrogen and oxygen atoms in total. The van der Waals surface area contributed by atoms with Crippen LogP contribution in [0, 0.1) is 0 Å². The fourth-order valence-electron chi connectivity index (χ4n) is 2.21. The van der Waals surface area contributed by atoms with Crippen LogP contribution >= 0.6 is 15.9 Å². The Hall–Kier alpha value is -0.450. The first-order chi connectivity index (χ1) is 7.74. The van der Waals surface area contributed by atoms with Gasteiger partial charge in [0.25, 0.3) is 0 Å². The molecule has 16 heavy (non-hydrogen) atoms. The Morgan fingerprint density at radius 2 is 2.50 bits per heavy atom. The van der Waals surface area contributed by atoms with E-state index in [1.807, 2.05) is 6.20 Å². The van der Waals surface area contributed by atoms with Crippen LogP contribution in [-0.4, -0.2) is 36.1 Å². The Labute approximate surface area is 105 Å². The van der Waals surface area contributed by atoms with Gasteiger partial charge >= 0.3 is 0 Å². The molecule has 0 spiro atoms. The number of hydrogen-bond donors (Lipinski definition) is 1. The van der Waals surface area contributed by atoms with Crippen molar-refractivity contribution in [2.45, 2.75) is 25.4 Å². The van der Waals surface area contributed by atoms with Crippen LogP contribution in [0.4, 0.5) is 0 Å². The molecule has 0 aromatic carbocycles. The van der Waals surface area contributed by atoms with Gasteiger partial charge in [0.15, 0.2) is 0 Å². The second kappa shape index (κ2) is 5.75. The lowest BCUT2D eigenvalue weighted by Gasteiger charge is -2.21. The average molecular weight is 284 g/mol. The van der Waals surface area contributed by atoms with Gasteiger partial charge in [0, 0.05) is 25.3 Å². The van der Waals surface area contributed by atoms with Crippen molar-refractivity contribution in [3.63, 3.8) is 0 Å². The molecule has 1 aliphatic heterocycles. The maximum Gasteiger partial charge on any atom is 0.106 e. The topological polar surface area (TPSA) is 28.2 Å². The minimum atomic E-state index is 0.676. The summed E-state index contributed by atoms with van der Waals surface area (Å²) in [7, 11) is 2.17. The first-order valence-corrected chi connectivity index (χ1v) is 6.56. The van der Waals surface area contributed by atoms with E-state index in [0.717, 1.165) is 17.7 Å². The fourth-order valence-corrected chi connectivity index (χ4v) is 2.62. The van der Waals surface area contributed by atoms with Gasteiger partial charge in [-0.1, -0.05) is 0 Å². The third kappa shape index (κ3) is 3.54. The summed E-state index contributed by atoms with van der Waals surface area (Å²) in [6.07, 6.45) is 4.48. The molecule has 88 valence electrons. The highest BCUT2D eigenvalue weighted by atomic mass is 79.9. The molecular formula is C12H18BrN3. The summed E-state index contributed by atoms with van der Waals surface area (Å²) in [6.45, 7) is 3.29. The first-order valence-electron chi connectivity index (χ1n) is 5.76. The molecule has 2 heterocycles. The highest BCUT2D eigenvalue weighted by Crippen LogP contribution is 2.11. The molecule has 0 amide bonds. The number of nitrogens with one attached hydrogen (secondary N) is 1. The average Bonchev–Trinajstić information content (AvgIpc) is 2.70. The van der Waals surface area contributed by atoms with E-state index in [4.69, 9.17) is 0 Å². The van der Waals surface area contributed by atoms with Crippen molar-refractivity contribution in [3.8, 4) is 0 Å². The van der Waals surface area contributed by atoms with Crippen molar-refractivity contribution in [2.75, 3.05) is 20.1 Å². The minimum absolute atomic E-state index is 0.676. The monoisotopic (exact) mass is 283 g/mol. The fraction of sp³-hybridized carbons (Fsp3) is 0.583. The molecule has 0 radical (unpaired) electrons. The predicted octanol–water partition coefficient (Wildman–Crippen LogP) is 2.03. The van der Waals surface area contributed by atoms with Crippen molar-refractivity contribution in [1.29, 1.82) is 0 Å². The maximum absolute atomic E-state index is 4.14. The van der Waals surface area contributed by atoms with E-state index >= 15 is 0 Å². The summed E-state index contributed by atoms with van der Waals surface area (Å²) < 4.78 is 0.914. The molecule has 1 unspecified atom stereocenters. The van der Waals surface area contributed by atoms with E-state index in [1.165, 1.54) is 24.9 Å². The quantitative estimate of drug-likeness (QED) is 0.857. The molecule has 2 rings (SSSR count). The Balaban J connectivity index is 1.84. The molecule has 0 saturated carbocycles. The number of aromatic nitrogens is 1. The zero-order valence-corrected chi connectivity index (χ0v) is 11.2.